The first-order valence-corrected chi connectivity index (χ1v) is 5.34. The number of anilines is 1. The Kier molecular flexibility index (Phi) is 2.53. The Bertz CT molecular complexity index is 400. The fourth-order valence-electron chi connectivity index (χ4n) is 2.10. The van der Waals surface area contributed by atoms with Gasteiger partial charge in [-0.15, -0.1) is 0 Å². The minimum atomic E-state index is -1.04. The zero-order chi connectivity index (χ0) is 11.8. The molecule has 1 saturated heterocycles. The van der Waals surface area contributed by atoms with Gasteiger partial charge in [0.15, 0.2) is 5.69 Å². The van der Waals surface area contributed by atoms with Crippen molar-refractivity contribution >= 4 is 11.8 Å². The summed E-state index contributed by atoms with van der Waals surface area (Å²) in [6, 6.07) is 0. The molecule has 5 heteroatoms. The van der Waals surface area contributed by atoms with Crippen LogP contribution in [0.3, 0.4) is 0 Å². The zero-order valence-corrected chi connectivity index (χ0v) is 9.47. The summed E-state index contributed by atoms with van der Waals surface area (Å²) in [5.74, 6) is -0.285. The summed E-state index contributed by atoms with van der Waals surface area (Å²) in [7, 11) is 0. The molecule has 0 spiro atoms. The van der Waals surface area contributed by atoms with Crippen molar-refractivity contribution in [2.45, 2.75) is 32.2 Å². The van der Waals surface area contributed by atoms with Crippen LogP contribution in [0.4, 0.5) is 5.82 Å². The van der Waals surface area contributed by atoms with Crippen LogP contribution in [-0.2, 0) is 0 Å². The van der Waals surface area contributed by atoms with Gasteiger partial charge in [-0.3, -0.25) is 0 Å². The standard InChI is InChI=1S/C11H15N3O2/c1-11(2)4-3-5-14(11)9-7-12-8(6-13-9)10(15)16/h6-7H,3-5H2,1-2H3,(H,15,16). The Hall–Kier alpha value is -1.65. The van der Waals surface area contributed by atoms with Crippen molar-refractivity contribution in [2.24, 2.45) is 0 Å². The smallest absolute Gasteiger partial charge is 0.356 e. The van der Waals surface area contributed by atoms with Crippen LogP contribution >= 0.6 is 0 Å². The summed E-state index contributed by atoms with van der Waals surface area (Å²) in [5.41, 5.74) is 0.0696. The van der Waals surface area contributed by atoms with Gasteiger partial charge in [0.1, 0.15) is 5.82 Å². The second-order valence-corrected chi connectivity index (χ2v) is 4.63. The lowest BCUT2D eigenvalue weighted by Crippen LogP contribution is -2.38. The van der Waals surface area contributed by atoms with Crippen LogP contribution in [0.25, 0.3) is 0 Å². The molecule has 0 aromatic carbocycles. The molecular weight excluding hydrogens is 206 g/mol. The summed E-state index contributed by atoms with van der Waals surface area (Å²) in [4.78, 5) is 20.9. The Morgan fingerprint density at radius 3 is 2.62 bits per heavy atom. The van der Waals surface area contributed by atoms with E-state index in [1.54, 1.807) is 0 Å². The lowest BCUT2D eigenvalue weighted by atomic mass is 10.0. The maximum absolute atomic E-state index is 10.6. The molecule has 1 aromatic heterocycles. The molecule has 2 heterocycles. The molecule has 1 aromatic rings. The van der Waals surface area contributed by atoms with E-state index in [2.05, 4.69) is 28.7 Å². The topological polar surface area (TPSA) is 66.3 Å². The molecule has 0 amide bonds. The van der Waals surface area contributed by atoms with Gasteiger partial charge in [-0.1, -0.05) is 0 Å². The van der Waals surface area contributed by atoms with Crippen LogP contribution in [0, 0.1) is 0 Å². The molecule has 0 bridgehead atoms. The molecule has 0 radical (unpaired) electrons. The van der Waals surface area contributed by atoms with Gasteiger partial charge in [0.25, 0.3) is 0 Å². The van der Waals surface area contributed by atoms with E-state index in [4.69, 9.17) is 5.11 Å². The zero-order valence-electron chi connectivity index (χ0n) is 9.47. The van der Waals surface area contributed by atoms with Crippen LogP contribution in [0.5, 0.6) is 0 Å². The minimum Gasteiger partial charge on any atom is -0.476 e. The monoisotopic (exact) mass is 221 g/mol. The average molecular weight is 221 g/mol. The highest BCUT2D eigenvalue weighted by molar-refractivity contribution is 5.84. The lowest BCUT2D eigenvalue weighted by molar-refractivity contribution is 0.0690. The number of rotatable bonds is 2. The van der Waals surface area contributed by atoms with Gasteiger partial charge in [-0.05, 0) is 26.7 Å². The molecule has 1 aliphatic heterocycles. The van der Waals surface area contributed by atoms with Gasteiger partial charge in [-0.2, -0.15) is 0 Å². The molecule has 0 unspecified atom stereocenters. The number of hydrogen-bond acceptors (Lipinski definition) is 4. The van der Waals surface area contributed by atoms with E-state index in [0.717, 1.165) is 25.2 Å². The van der Waals surface area contributed by atoms with Gasteiger partial charge in [0.2, 0.25) is 0 Å². The largest absolute Gasteiger partial charge is 0.476 e. The molecule has 1 N–H and O–H groups in total. The van der Waals surface area contributed by atoms with Gasteiger partial charge in [0, 0.05) is 12.1 Å². The lowest BCUT2D eigenvalue weighted by Gasteiger charge is -2.32. The van der Waals surface area contributed by atoms with Gasteiger partial charge in [-0.25, -0.2) is 14.8 Å². The Morgan fingerprint density at radius 2 is 2.19 bits per heavy atom. The Labute approximate surface area is 94.1 Å². The summed E-state index contributed by atoms with van der Waals surface area (Å²) in [5, 5.41) is 8.73. The molecule has 0 aliphatic carbocycles. The van der Waals surface area contributed by atoms with E-state index in [9.17, 15) is 4.79 Å². The predicted molar refractivity (Wildman–Crippen MR) is 59.7 cm³/mol. The molecule has 2 rings (SSSR count). The Morgan fingerprint density at radius 1 is 1.44 bits per heavy atom. The summed E-state index contributed by atoms with van der Waals surface area (Å²) >= 11 is 0. The van der Waals surface area contributed by atoms with Gasteiger partial charge >= 0.3 is 5.97 Å². The summed E-state index contributed by atoms with van der Waals surface area (Å²) in [6.45, 7) is 5.27. The van der Waals surface area contributed by atoms with E-state index in [0.29, 0.717) is 0 Å². The van der Waals surface area contributed by atoms with Crippen LogP contribution in [0.1, 0.15) is 37.2 Å². The predicted octanol–water partition coefficient (Wildman–Crippen LogP) is 1.55. The number of nitrogens with zero attached hydrogens (tertiary/aromatic N) is 3. The number of carbonyl (C=O) groups is 1. The molecule has 16 heavy (non-hydrogen) atoms. The summed E-state index contributed by atoms with van der Waals surface area (Å²) < 4.78 is 0. The van der Waals surface area contributed by atoms with Gasteiger partial charge < -0.3 is 10.0 Å². The third kappa shape index (κ3) is 1.85. The van der Waals surface area contributed by atoms with Crippen LogP contribution in [-0.4, -0.2) is 33.1 Å². The second-order valence-electron chi connectivity index (χ2n) is 4.63. The number of carboxylic acid groups (broad SMARTS) is 1. The highest BCUT2D eigenvalue weighted by Crippen LogP contribution is 2.31. The molecule has 1 aliphatic rings. The van der Waals surface area contributed by atoms with Crippen molar-refractivity contribution in [1.29, 1.82) is 0 Å². The van der Waals surface area contributed by atoms with Crippen molar-refractivity contribution in [2.75, 3.05) is 11.4 Å². The van der Waals surface area contributed by atoms with Gasteiger partial charge in [0.05, 0.1) is 12.4 Å². The molecule has 1 fully saturated rings. The third-order valence-electron chi connectivity index (χ3n) is 3.03. The second kappa shape index (κ2) is 3.73. The molecule has 86 valence electrons. The number of aromatic nitrogens is 2. The average Bonchev–Trinajstić information content (AvgIpc) is 2.58. The first-order valence-electron chi connectivity index (χ1n) is 5.34. The van der Waals surface area contributed by atoms with E-state index < -0.39 is 5.97 Å². The molecule has 0 saturated carbocycles. The van der Waals surface area contributed by atoms with Crippen molar-refractivity contribution < 1.29 is 9.90 Å². The van der Waals surface area contributed by atoms with E-state index in [-0.39, 0.29) is 11.2 Å². The Balaban J connectivity index is 2.25. The number of aromatic carboxylic acids is 1. The summed E-state index contributed by atoms with van der Waals surface area (Å²) in [6.07, 6.45) is 5.10. The van der Waals surface area contributed by atoms with Crippen molar-refractivity contribution in [1.82, 2.24) is 9.97 Å². The number of hydrogen-bond donors (Lipinski definition) is 1. The van der Waals surface area contributed by atoms with E-state index in [1.165, 1.54) is 12.4 Å². The quantitative estimate of drug-likeness (QED) is 0.820. The SMILES string of the molecule is CC1(C)CCCN1c1cnc(C(=O)O)cn1. The molecule has 0 atom stereocenters. The maximum atomic E-state index is 10.6. The highest BCUT2D eigenvalue weighted by Gasteiger charge is 2.32. The van der Waals surface area contributed by atoms with Crippen LogP contribution < -0.4 is 4.90 Å². The molecular formula is C11H15N3O2. The van der Waals surface area contributed by atoms with E-state index in [1.807, 2.05) is 0 Å². The first kappa shape index (κ1) is 10.9. The normalized spacial score (nSPS) is 18.8. The third-order valence-corrected chi connectivity index (χ3v) is 3.03. The van der Waals surface area contributed by atoms with Crippen molar-refractivity contribution in [3.63, 3.8) is 0 Å². The fourth-order valence-corrected chi connectivity index (χ4v) is 2.10. The number of carboxylic acids is 1. The van der Waals surface area contributed by atoms with E-state index >= 15 is 0 Å². The highest BCUT2D eigenvalue weighted by atomic mass is 16.4. The van der Waals surface area contributed by atoms with Crippen molar-refractivity contribution in [3.05, 3.63) is 18.1 Å². The fraction of sp³-hybridized carbons (Fsp3) is 0.545. The molecule has 5 nitrogen and oxygen atoms in total. The maximum Gasteiger partial charge on any atom is 0.356 e. The first-order chi connectivity index (χ1) is 7.50. The minimum absolute atomic E-state index is 0.0132. The van der Waals surface area contributed by atoms with Crippen LogP contribution in [0.2, 0.25) is 0 Å². The van der Waals surface area contributed by atoms with Crippen LogP contribution in [0.15, 0.2) is 12.4 Å². The van der Waals surface area contributed by atoms with Crippen molar-refractivity contribution in [3.8, 4) is 0 Å².